The molecule has 0 aliphatic carbocycles. The van der Waals surface area contributed by atoms with E-state index in [0.29, 0.717) is 24.6 Å². The fourth-order valence-corrected chi connectivity index (χ4v) is 2.85. The second kappa shape index (κ2) is 8.13. The summed E-state index contributed by atoms with van der Waals surface area (Å²) in [4.78, 5) is 0. The van der Waals surface area contributed by atoms with Crippen molar-refractivity contribution in [2.45, 2.75) is 13.1 Å². The van der Waals surface area contributed by atoms with Crippen LogP contribution in [0.25, 0.3) is 10.9 Å². The van der Waals surface area contributed by atoms with Crippen LogP contribution >= 0.6 is 0 Å². The lowest BCUT2D eigenvalue weighted by atomic mass is 10.2. The van der Waals surface area contributed by atoms with Gasteiger partial charge in [-0.1, -0.05) is 30.2 Å². The van der Waals surface area contributed by atoms with Gasteiger partial charge in [0.1, 0.15) is 0 Å². The number of fused-ring (bicyclic) bond motifs is 1. The third kappa shape index (κ3) is 3.65. The summed E-state index contributed by atoms with van der Waals surface area (Å²) in [5.74, 6) is 4.09. The first-order valence-corrected chi connectivity index (χ1v) is 8.25. The van der Waals surface area contributed by atoms with Crippen molar-refractivity contribution < 1.29 is 9.47 Å². The highest BCUT2D eigenvalue weighted by Crippen LogP contribution is 2.27. The molecule has 1 aromatic heterocycles. The zero-order valence-electron chi connectivity index (χ0n) is 14.9. The van der Waals surface area contributed by atoms with Crippen molar-refractivity contribution in [3.05, 3.63) is 59.8 Å². The monoisotopic (exact) mass is 347 g/mol. The normalized spacial score (nSPS) is 10.8. The van der Waals surface area contributed by atoms with E-state index in [9.17, 15) is 0 Å². The molecule has 1 N–H and O–H groups in total. The summed E-state index contributed by atoms with van der Waals surface area (Å²) in [6.45, 7) is 1.12. The van der Waals surface area contributed by atoms with Crippen molar-refractivity contribution in [2.75, 3.05) is 14.2 Å². The van der Waals surface area contributed by atoms with Crippen molar-refractivity contribution in [1.29, 1.82) is 0 Å². The van der Waals surface area contributed by atoms with Crippen LogP contribution in [0.3, 0.4) is 0 Å². The molecule has 0 bridgehead atoms. The number of nitrogens with one attached hydrogen (secondary N) is 1. The van der Waals surface area contributed by atoms with Crippen molar-refractivity contribution >= 4 is 17.1 Å². The molecule has 0 spiro atoms. The molecule has 3 rings (SSSR count). The number of hydrogen-bond acceptors (Lipinski definition) is 4. The smallest absolute Gasteiger partial charge is 0.161 e. The molecule has 3 aromatic rings. The van der Waals surface area contributed by atoms with Crippen molar-refractivity contribution in [3.63, 3.8) is 0 Å². The largest absolute Gasteiger partial charge is 0.493 e. The zero-order chi connectivity index (χ0) is 18.4. The number of para-hydroxylation sites is 1. The molecule has 0 amide bonds. The van der Waals surface area contributed by atoms with E-state index in [1.807, 2.05) is 47.3 Å². The van der Waals surface area contributed by atoms with E-state index >= 15 is 0 Å². The average molecular weight is 347 g/mol. The highest BCUT2D eigenvalue weighted by atomic mass is 16.5. The number of aromatic nitrogens is 1. The second-order valence-corrected chi connectivity index (χ2v) is 5.72. The van der Waals surface area contributed by atoms with Crippen molar-refractivity contribution in [1.82, 2.24) is 9.99 Å². The molecular formula is C21H21N3O2. The Bertz CT molecular complexity index is 967. The average Bonchev–Trinajstić information content (AvgIpc) is 3.03. The summed E-state index contributed by atoms with van der Waals surface area (Å²) in [5.41, 5.74) is 6.25. The van der Waals surface area contributed by atoms with Gasteiger partial charge >= 0.3 is 0 Å². The van der Waals surface area contributed by atoms with E-state index in [4.69, 9.17) is 15.9 Å². The minimum atomic E-state index is 0.535. The van der Waals surface area contributed by atoms with Crippen LogP contribution in [0.15, 0.2) is 53.8 Å². The quantitative estimate of drug-likeness (QED) is 0.405. The van der Waals surface area contributed by atoms with Crippen LogP contribution < -0.4 is 14.9 Å². The molecule has 0 unspecified atom stereocenters. The zero-order valence-corrected chi connectivity index (χ0v) is 14.9. The van der Waals surface area contributed by atoms with Crippen LogP contribution in [0.5, 0.6) is 11.5 Å². The summed E-state index contributed by atoms with van der Waals surface area (Å²) in [7, 11) is 3.25. The van der Waals surface area contributed by atoms with Gasteiger partial charge in [-0.25, -0.2) is 0 Å². The van der Waals surface area contributed by atoms with Crippen LogP contribution in [-0.4, -0.2) is 25.0 Å². The first-order chi connectivity index (χ1) is 12.8. The third-order valence-corrected chi connectivity index (χ3v) is 4.11. The van der Waals surface area contributed by atoms with Crippen molar-refractivity contribution in [2.24, 2.45) is 5.10 Å². The van der Waals surface area contributed by atoms with Gasteiger partial charge in [0.15, 0.2) is 11.5 Å². The summed E-state index contributed by atoms with van der Waals surface area (Å²) >= 11 is 0. The van der Waals surface area contributed by atoms with Gasteiger partial charge < -0.3 is 19.5 Å². The number of terminal acetylenes is 1. The molecule has 1 heterocycles. The standard InChI is InChI=1S/C21H21N3O2/c1-4-11-24-15-17(18-7-5-6-8-19(18)24)14-23-22-13-16-9-10-20(25-2)21(12-16)26-3/h1,5-10,12,14-15,22H,11,13H2,2-3H3/b23-14+. The number of ether oxygens (including phenoxy) is 2. The minimum Gasteiger partial charge on any atom is -0.493 e. The molecule has 0 atom stereocenters. The van der Waals surface area contributed by atoms with Gasteiger partial charge in [-0.2, -0.15) is 5.10 Å². The second-order valence-electron chi connectivity index (χ2n) is 5.72. The van der Waals surface area contributed by atoms with Crippen LogP contribution in [0, 0.1) is 12.3 Å². The Kier molecular flexibility index (Phi) is 5.45. The molecule has 5 nitrogen and oxygen atoms in total. The highest BCUT2D eigenvalue weighted by molar-refractivity contribution is 5.99. The number of methoxy groups -OCH3 is 2. The highest BCUT2D eigenvalue weighted by Gasteiger charge is 2.06. The topological polar surface area (TPSA) is 47.8 Å². The van der Waals surface area contributed by atoms with Crippen molar-refractivity contribution in [3.8, 4) is 23.8 Å². The molecular weight excluding hydrogens is 326 g/mol. The minimum absolute atomic E-state index is 0.535. The van der Waals surface area contributed by atoms with E-state index < -0.39 is 0 Å². The molecule has 26 heavy (non-hydrogen) atoms. The number of nitrogens with zero attached hydrogens (tertiary/aromatic N) is 2. The van der Waals surface area contributed by atoms with Gasteiger partial charge in [0, 0.05) is 22.7 Å². The Balaban J connectivity index is 1.72. The van der Waals surface area contributed by atoms with E-state index in [-0.39, 0.29) is 0 Å². The maximum absolute atomic E-state index is 5.46. The van der Waals surface area contributed by atoms with Crippen LogP contribution in [0.1, 0.15) is 11.1 Å². The molecule has 0 aliphatic heterocycles. The van der Waals surface area contributed by atoms with Gasteiger partial charge in [0.2, 0.25) is 0 Å². The Labute approximate surface area is 153 Å². The van der Waals surface area contributed by atoms with Gasteiger partial charge in [0.25, 0.3) is 0 Å². The molecule has 0 saturated carbocycles. The number of benzene rings is 2. The SMILES string of the molecule is C#CCn1cc(/C=N/NCc2ccc(OC)c(OC)c2)c2ccccc21. The molecule has 0 aliphatic rings. The molecule has 0 radical (unpaired) electrons. The van der Waals surface area contributed by atoms with E-state index in [1.54, 1.807) is 14.2 Å². The Hall–Kier alpha value is -3.39. The number of hydrogen-bond donors (Lipinski definition) is 1. The lowest BCUT2D eigenvalue weighted by Crippen LogP contribution is -2.06. The van der Waals surface area contributed by atoms with Gasteiger partial charge in [0.05, 0.1) is 33.5 Å². The Morgan fingerprint density at radius 2 is 1.96 bits per heavy atom. The maximum atomic E-state index is 5.46. The predicted molar refractivity (Wildman–Crippen MR) is 105 cm³/mol. The van der Waals surface area contributed by atoms with Gasteiger partial charge in [-0.05, 0) is 23.8 Å². The fourth-order valence-electron chi connectivity index (χ4n) is 2.85. The molecule has 5 heteroatoms. The van der Waals surface area contributed by atoms with E-state index in [2.05, 4.69) is 28.6 Å². The summed E-state index contributed by atoms with van der Waals surface area (Å²) in [6, 6.07) is 13.9. The van der Waals surface area contributed by atoms with E-state index in [0.717, 1.165) is 22.0 Å². The van der Waals surface area contributed by atoms with Gasteiger partial charge in [-0.3, -0.25) is 0 Å². The molecule has 0 saturated heterocycles. The lowest BCUT2D eigenvalue weighted by molar-refractivity contribution is 0.354. The predicted octanol–water partition coefficient (Wildman–Crippen LogP) is 3.42. The summed E-state index contributed by atoms with van der Waals surface area (Å²) in [5, 5.41) is 5.47. The molecule has 2 aromatic carbocycles. The number of hydrazone groups is 1. The first kappa shape index (κ1) is 17.4. The summed E-state index contributed by atoms with van der Waals surface area (Å²) < 4.78 is 12.6. The van der Waals surface area contributed by atoms with Crippen LogP contribution in [-0.2, 0) is 13.1 Å². The van der Waals surface area contributed by atoms with Crippen LogP contribution in [0.2, 0.25) is 0 Å². The van der Waals surface area contributed by atoms with Gasteiger partial charge in [-0.15, -0.1) is 6.42 Å². The van der Waals surface area contributed by atoms with E-state index in [1.165, 1.54) is 0 Å². The Morgan fingerprint density at radius 3 is 2.73 bits per heavy atom. The molecule has 132 valence electrons. The lowest BCUT2D eigenvalue weighted by Gasteiger charge is -2.09. The maximum Gasteiger partial charge on any atom is 0.161 e. The first-order valence-electron chi connectivity index (χ1n) is 8.25. The fraction of sp³-hybridized carbons (Fsp3) is 0.190. The third-order valence-electron chi connectivity index (χ3n) is 4.11. The number of rotatable bonds is 7. The summed E-state index contributed by atoms with van der Waals surface area (Å²) in [6.07, 6.45) is 9.29. The molecule has 0 fully saturated rings. The van der Waals surface area contributed by atoms with Crippen LogP contribution in [0.4, 0.5) is 0 Å². The Morgan fingerprint density at radius 1 is 1.15 bits per heavy atom.